The van der Waals surface area contributed by atoms with Crippen LogP contribution in [0.2, 0.25) is 0 Å². The third-order valence-electron chi connectivity index (χ3n) is 3.14. The molecule has 1 aromatic heterocycles. The highest BCUT2D eigenvalue weighted by Gasteiger charge is 2.33. The second-order valence-electron chi connectivity index (χ2n) is 4.68. The van der Waals surface area contributed by atoms with Crippen molar-refractivity contribution in [3.8, 4) is 11.5 Å². The van der Waals surface area contributed by atoms with Crippen molar-refractivity contribution in [2.45, 2.75) is 6.18 Å². The molecule has 0 aliphatic rings. The lowest BCUT2D eigenvalue weighted by Gasteiger charge is -2.12. The van der Waals surface area contributed by atoms with Crippen molar-refractivity contribution in [2.24, 2.45) is 0 Å². The summed E-state index contributed by atoms with van der Waals surface area (Å²) in [7, 11) is 0. The number of hydrogen-bond donors (Lipinski definition) is 1. The van der Waals surface area contributed by atoms with Gasteiger partial charge < -0.3 is 10.5 Å². The van der Waals surface area contributed by atoms with E-state index < -0.39 is 11.7 Å². The van der Waals surface area contributed by atoms with E-state index in [9.17, 15) is 13.2 Å². The fraction of sp³-hybridized carbons (Fsp3) is 0.0625. The number of ether oxygens (including phenoxy) is 1. The van der Waals surface area contributed by atoms with E-state index in [0.29, 0.717) is 22.6 Å². The van der Waals surface area contributed by atoms with E-state index >= 15 is 0 Å². The lowest BCUT2D eigenvalue weighted by Crippen LogP contribution is -2.06. The maximum atomic E-state index is 13.0. The monoisotopic (exact) mass is 304 g/mol. The predicted octanol–water partition coefficient (Wildman–Crippen LogP) is 4.63. The molecule has 112 valence electrons. The van der Waals surface area contributed by atoms with E-state index in [1.54, 1.807) is 30.3 Å². The molecular weight excluding hydrogens is 293 g/mol. The molecule has 6 heteroatoms. The fourth-order valence-electron chi connectivity index (χ4n) is 2.13. The van der Waals surface area contributed by atoms with Crippen LogP contribution in [0.1, 0.15) is 5.56 Å². The van der Waals surface area contributed by atoms with E-state index in [-0.39, 0.29) is 5.52 Å². The average Bonchev–Trinajstić information content (AvgIpc) is 2.48. The predicted molar refractivity (Wildman–Crippen MR) is 77.7 cm³/mol. The molecule has 0 atom stereocenters. The number of nitrogens with two attached hydrogens (primary N) is 1. The Morgan fingerprint density at radius 2 is 1.68 bits per heavy atom. The zero-order valence-electron chi connectivity index (χ0n) is 11.3. The molecular formula is C16H11F3N2O. The van der Waals surface area contributed by atoms with Gasteiger partial charge in [-0.3, -0.25) is 4.98 Å². The summed E-state index contributed by atoms with van der Waals surface area (Å²) in [6.45, 7) is 0. The van der Waals surface area contributed by atoms with Gasteiger partial charge in [0.25, 0.3) is 0 Å². The Balaban J connectivity index is 2.09. The van der Waals surface area contributed by atoms with Crippen LogP contribution in [0, 0.1) is 0 Å². The number of aromatic nitrogens is 1. The number of benzene rings is 2. The van der Waals surface area contributed by atoms with Crippen molar-refractivity contribution in [3.05, 3.63) is 60.3 Å². The number of hydrogen-bond acceptors (Lipinski definition) is 3. The normalized spacial score (nSPS) is 11.6. The minimum Gasteiger partial charge on any atom is -0.457 e. The minimum atomic E-state index is -4.47. The topological polar surface area (TPSA) is 48.1 Å². The number of nitrogens with zero attached hydrogens (tertiary/aromatic N) is 1. The highest BCUT2D eigenvalue weighted by molar-refractivity contribution is 5.88. The molecule has 0 unspecified atom stereocenters. The first-order valence-corrected chi connectivity index (χ1v) is 6.43. The number of para-hydroxylation sites is 1. The van der Waals surface area contributed by atoms with Crippen LogP contribution in [-0.4, -0.2) is 4.98 Å². The average molecular weight is 304 g/mol. The number of alkyl halides is 3. The first-order chi connectivity index (χ1) is 10.4. The standard InChI is InChI=1S/C16H11F3N2O/c17-16(18,19)13-3-1-2-12-14(8-9-21-15(12)13)22-11-6-4-10(20)5-7-11/h1-9H,20H2. The first kappa shape index (κ1) is 14.2. The Morgan fingerprint density at radius 3 is 2.36 bits per heavy atom. The molecule has 3 aromatic rings. The van der Waals surface area contributed by atoms with Crippen LogP contribution in [0.5, 0.6) is 11.5 Å². The first-order valence-electron chi connectivity index (χ1n) is 6.43. The second kappa shape index (κ2) is 5.22. The van der Waals surface area contributed by atoms with E-state index in [1.165, 1.54) is 18.3 Å². The van der Waals surface area contributed by atoms with Crippen molar-refractivity contribution >= 4 is 16.6 Å². The molecule has 2 N–H and O–H groups in total. The highest BCUT2D eigenvalue weighted by atomic mass is 19.4. The Labute approximate surface area is 124 Å². The van der Waals surface area contributed by atoms with Gasteiger partial charge in [0.05, 0.1) is 11.1 Å². The number of nitrogen functional groups attached to an aromatic ring is 1. The molecule has 0 saturated carbocycles. The van der Waals surface area contributed by atoms with E-state index in [0.717, 1.165) is 6.07 Å². The number of fused-ring (bicyclic) bond motifs is 1. The Hall–Kier alpha value is -2.76. The van der Waals surface area contributed by atoms with Gasteiger partial charge >= 0.3 is 6.18 Å². The maximum Gasteiger partial charge on any atom is 0.418 e. The third-order valence-corrected chi connectivity index (χ3v) is 3.14. The lowest BCUT2D eigenvalue weighted by atomic mass is 10.1. The molecule has 3 nitrogen and oxygen atoms in total. The van der Waals surface area contributed by atoms with Gasteiger partial charge in [0.15, 0.2) is 0 Å². The molecule has 0 radical (unpaired) electrons. The van der Waals surface area contributed by atoms with Crippen molar-refractivity contribution < 1.29 is 17.9 Å². The molecule has 0 aliphatic carbocycles. The lowest BCUT2D eigenvalue weighted by molar-refractivity contribution is -0.136. The molecule has 3 rings (SSSR count). The maximum absolute atomic E-state index is 13.0. The number of anilines is 1. The van der Waals surface area contributed by atoms with Crippen LogP contribution in [-0.2, 0) is 6.18 Å². The van der Waals surface area contributed by atoms with Crippen LogP contribution in [0.4, 0.5) is 18.9 Å². The molecule has 0 aliphatic heterocycles. The van der Waals surface area contributed by atoms with Crippen molar-refractivity contribution in [1.82, 2.24) is 4.98 Å². The summed E-state index contributed by atoms with van der Waals surface area (Å²) in [5.41, 5.74) is 5.24. The highest BCUT2D eigenvalue weighted by Crippen LogP contribution is 2.37. The van der Waals surface area contributed by atoms with Crippen molar-refractivity contribution in [2.75, 3.05) is 5.73 Å². The fourth-order valence-corrected chi connectivity index (χ4v) is 2.13. The number of rotatable bonds is 2. The molecule has 0 fully saturated rings. The second-order valence-corrected chi connectivity index (χ2v) is 4.68. The van der Waals surface area contributed by atoms with Gasteiger partial charge in [-0.05, 0) is 42.5 Å². The van der Waals surface area contributed by atoms with Gasteiger partial charge in [0.2, 0.25) is 0 Å². The largest absolute Gasteiger partial charge is 0.457 e. The third kappa shape index (κ3) is 2.67. The van der Waals surface area contributed by atoms with Gasteiger partial charge in [-0.25, -0.2) is 0 Å². The summed E-state index contributed by atoms with van der Waals surface area (Å²) in [6.07, 6.45) is -3.17. The van der Waals surface area contributed by atoms with Gasteiger partial charge in [-0.2, -0.15) is 13.2 Å². The van der Waals surface area contributed by atoms with E-state index in [2.05, 4.69) is 4.98 Å². The van der Waals surface area contributed by atoms with Gasteiger partial charge in [-0.15, -0.1) is 0 Å². The Kier molecular flexibility index (Phi) is 3.36. The number of halogens is 3. The van der Waals surface area contributed by atoms with Crippen molar-refractivity contribution in [1.29, 1.82) is 0 Å². The minimum absolute atomic E-state index is 0.136. The smallest absolute Gasteiger partial charge is 0.418 e. The molecule has 0 saturated heterocycles. The summed E-state index contributed by atoms with van der Waals surface area (Å²) >= 11 is 0. The van der Waals surface area contributed by atoms with Gasteiger partial charge in [-0.1, -0.05) is 6.07 Å². The van der Waals surface area contributed by atoms with Crippen LogP contribution >= 0.6 is 0 Å². The van der Waals surface area contributed by atoms with Gasteiger partial charge in [0, 0.05) is 17.3 Å². The summed E-state index contributed by atoms with van der Waals surface area (Å²) in [4.78, 5) is 3.84. The van der Waals surface area contributed by atoms with Crippen LogP contribution in [0.3, 0.4) is 0 Å². The summed E-state index contributed by atoms with van der Waals surface area (Å²) in [5.74, 6) is 0.792. The summed E-state index contributed by atoms with van der Waals surface area (Å²) in [6, 6.07) is 12.0. The van der Waals surface area contributed by atoms with Crippen LogP contribution in [0.15, 0.2) is 54.7 Å². The number of pyridine rings is 1. The molecule has 22 heavy (non-hydrogen) atoms. The zero-order chi connectivity index (χ0) is 15.7. The quantitative estimate of drug-likeness (QED) is 0.702. The van der Waals surface area contributed by atoms with Gasteiger partial charge in [0.1, 0.15) is 11.5 Å². The molecule has 0 spiro atoms. The van der Waals surface area contributed by atoms with Crippen molar-refractivity contribution in [3.63, 3.8) is 0 Å². The zero-order valence-corrected chi connectivity index (χ0v) is 11.3. The van der Waals surface area contributed by atoms with E-state index in [1.807, 2.05) is 0 Å². The summed E-state index contributed by atoms with van der Waals surface area (Å²) < 4.78 is 44.7. The SMILES string of the molecule is Nc1ccc(Oc2ccnc3c(C(F)(F)F)cccc23)cc1. The Bertz CT molecular complexity index is 814. The molecule has 0 bridgehead atoms. The van der Waals surface area contributed by atoms with Crippen LogP contribution in [0.25, 0.3) is 10.9 Å². The molecule has 1 heterocycles. The molecule has 2 aromatic carbocycles. The van der Waals surface area contributed by atoms with E-state index in [4.69, 9.17) is 10.5 Å². The molecule has 0 amide bonds. The summed E-state index contributed by atoms with van der Waals surface area (Å²) in [5, 5.41) is 0.300. The Morgan fingerprint density at radius 1 is 0.955 bits per heavy atom. The van der Waals surface area contributed by atoms with Crippen LogP contribution < -0.4 is 10.5 Å².